The standard InChI is InChI=1S/4C21H36O5.Zr/c4*1-6-9-12-23-18-16-20(25-14-11-8-3)19(24-13-10-7-2)15-17(18)21(4,5)26-22;/h4*15-16,22H,6-14H2,1-5H3;/q;;;;+4/p-4. The van der Waals surface area contributed by atoms with E-state index in [1.54, 1.807) is 55.4 Å². The molecule has 0 saturated carbocycles. The summed E-state index contributed by atoms with van der Waals surface area (Å²) in [5, 5.41) is 45.1. The van der Waals surface area contributed by atoms with Crippen LogP contribution in [-0.2, 0) is 68.2 Å². The van der Waals surface area contributed by atoms with Crippen LogP contribution in [0.5, 0.6) is 69.0 Å². The van der Waals surface area contributed by atoms with E-state index in [4.69, 9.17) is 56.8 Å². The van der Waals surface area contributed by atoms with Gasteiger partial charge in [0.15, 0.2) is 46.0 Å². The van der Waals surface area contributed by atoms with Gasteiger partial charge in [-0.3, -0.25) is 0 Å². The van der Waals surface area contributed by atoms with Crippen molar-refractivity contribution in [2.45, 2.75) is 315 Å². The normalized spacial score (nSPS) is 11.4. The SMILES string of the molecule is CCCCOc1cc(OCCCC)c(C(C)(C)O[O-])cc1OCCCC.CCCCOc1cc(OCCCC)c(C(C)(C)O[O-])cc1OCCCC.CCCCOc1cc(OCCCC)c(C(C)(C)O[O-])cc1OCCCC.CCCCOc1cc(OCCCC)c(C(C)(C)O[O-])cc1OCCCC.[Zr+4]. The van der Waals surface area contributed by atoms with Crippen LogP contribution in [0.15, 0.2) is 48.5 Å². The molecule has 0 radical (unpaired) electrons. The molecule has 0 bridgehead atoms. The Morgan fingerprint density at radius 2 is 0.295 bits per heavy atom. The molecule has 0 aromatic heterocycles. The monoisotopic (exact) mass is 1560 g/mol. The Labute approximate surface area is 653 Å². The number of benzene rings is 4. The molecule has 0 atom stereocenters. The van der Waals surface area contributed by atoms with Crippen LogP contribution in [0, 0.1) is 0 Å². The fraction of sp³-hybridized carbons (Fsp3) is 0.714. The van der Waals surface area contributed by atoms with Gasteiger partial charge in [-0.05, 0) is 157 Å². The van der Waals surface area contributed by atoms with Crippen LogP contribution in [0.3, 0.4) is 0 Å². The van der Waals surface area contributed by atoms with E-state index in [-0.39, 0.29) is 26.2 Å². The molecule has 0 fully saturated rings. The fourth-order valence-corrected chi connectivity index (χ4v) is 9.52. The van der Waals surface area contributed by atoms with Gasteiger partial charge in [-0.15, -0.1) is 0 Å². The molecular formula is C84H140O20Zr. The number of hydrogen-bond donors (Lipinski definition) is 0. The summed E-state index contributed by atoms with van der Waals surface area (Å²) in [6, 6.07) is 14.7. The summed E-state index contributed by atoms with van der Waals surface area (Å²) in [4.78, 5) is 17.9. The van der Waals surface area contributed by atoms with Crippen molar-refractivity contribution in [3.05, 3.63) is 70.8 Å². The second-order valence-corrected chi connectivity index (χ2v) is 28.0. The van der Waals surface area contributed by atoms with E-state index >= 15 is 0 Å². The van der Waals surface area contributed by atoms with Gasteiger partial charge in [-0.2, -0.15) is 0 Å². The number of unbranched alkanes of at least 4 members (excludes halogenated alkanes) is 12. The second-order valence-electron chi connectivity index (χ2n) is 28.0. The van der Waals surface area contributed by atoms with Crippen molar-refractivity contribution in [3.63, 3.8) is 0 Å². The van der Waals surface area contributed by atoms with E-state index in [9.17, 15) is 21.0 Å². The van der Waals surface area contributed by atoms with Gasteiger partial charge in [0.1, 0.15) is 23.0 Å². The molecule has 600 valence electrons. The Kier molecular flexibility index (Phi) is 56.2. The molecule has 4 rings (SSSR count). The van der Waals surface area contributed by atoms with Crippen LogP contribution in [0.25, 0.3) is 0 Å². The van der Waals surface area contributed by atoms with Gasteiger partial charge in [0.25, 0.3) is 0 Å². The van der Waals surface area contributed by atoms with Gasteiger partial charge >= 0.3 is 26.2 Å². The number of rotatable bonds is 56. The van der Waals surface area contributed by atoms with Gasteiger partial charge in [-0.25, -0.2) is 0 Å². The molecule has 0 aliphatic heterocycles. The van der Waals surface area contributed by atoms with Crippen molar-refractivity contribution in [1.82, 2.24) is 0 Å². The smallest absolute Gasteiger partial charge is 0.723 e. The second kappa shape index (κ2) is 59.0. The summed E-state index contributed by atoms with van der Waals surface area (Å²) in [6.45, 7) is 46.5. The first-order valence-electron chi connectivity index (χ1n) is 39.5. The third kappa shape index (κ3) is 38.8. The van der Waals surface area contributed by atoms with Gasteiger partial charge in [-0.1, -0.05) is 160 Å². The van der Waals surface area contributed by atoms with Crippen LogP contribution in [0.2, 0.25) is 0 Å². The van der Waals surface area contributed by atoms with Crippen LogP contribution in [0.4, 0.5) is 0 Å². The summed E-state index contributed by atoms with van der Waals surface area (Å²) in [6.07, 6.45) is 24.0. The number of hydrogen-bond acceptors (Lipinski definition) is 20. The van der Waals surface area contributed by atoms with Crippen LogP contribution >= 0.6 is 0 Å². The predicted molar refractivity (Wildman–Crippen MR) is 407 cm³/mol. The Bertz CT molecular complexity index is 2440. The van der Waals surface area contributed by atoms with Crippen molar-refractivity contribution >= 4 is 0 Å². The summed E-state index contributed by atoms with van der Waals surface area (Å²) in [5.41, 5.74) is -1.37. The minimum Gasteiger partial charge on any atom is -0.723 e. The van der Waals surface area contributed by atoms with E-state index < -0.39 is 22.4 Å². The zero-order chi connectivity index (χ0) is 77.7. The summed E-state index contributed by atoms with van der Waals surface area (Å²) >= 11 is 0. The maximum atomic E-state index is 11.3. The van der Waals surface area contributed by atoms with Crippen LogP contribution in [0.1, 0.15) is 315 Å². The average Bonchev–Trinajstić information content (AvgIpc) is 0.820. The average molecular weight is 1560 g/mol. The molecule has 0 heterocycles. The Morgan fingerprint density at radius 3 is 0.400 bits per heavy atom. The molecule has 0 spiro atoms. The van der Waals surface area contributed by atoms with Crippen LogP contribution in [-0.4, -0.2) is 79.3 Å². The topological polar surface area (TPSA) is 240 Å². The van der Waals surface area contributed by atoms with Crippen molar-refractivity contribution in [2.75, 3.05) is 79.3 Å². The van der Waals surface area contributed by atoms with Gasteiger partial charge in [0.2, 0.25) is 0 Å². The van der Waals surface area contributed by atoms with Crippen molar-refractivity contribution in [3.8, 4) is 69.0 Å². The molecule has 20 nitrogen and oxygen atoms in total. The van der Waals surface area contributed by atoms with E-state index in [1.807, 2.05) is 48.5 Å². The van der Waals surface area contributed by atoms with E-state index in [1.165, 1.54) is 0 Å². The summed E-state index contributed by atoms with van der Waals surface area (Å²) in [5.74, 6) is 7.66. The van der Waals surface area contributed by atoms with Crippen molar-refractivity contribution < 1.29 is 124 Å². The molecule has 0 saturated heterocycles. The third-order valence-electron chi connectivity index (χ3n) is 16.7. The predicted octanol–water partition coefficient (Wildman–Crippen LogP) is 19.0. The molecule has 21 heteroatoms. The Balaban J connectivity index is 0.00000137. The molecule has 4 aromatic rings. The van der Waals surface area contributed by atoms with Gasteiger partial charge < -0.3 is 97.4 Å². The molecule has 0 aliphatic rings. The van der Waals surface area contributed by atoms with Crippen LogP contribution < -0.4 is 77.9 Å². The first-order chi connectivity index (χ1) is 50.0. The summed E-state index contributed by atoms with van der Waals surface area (Å²) < 4.78 is 71.2. The van der Waals surface area contributed by atoms with E-state index in [0.717, 1.165) is 154 Å². The molecule has 0 amide bonds. The molecule has 4 aromatic carbocycles. The zero-order valence-corrected chi connectivity index (χ0v) is 71.2. The Morgan fingerprint density at radius 1 is 0.190 bits per heavy atom. The first kappa shape index (κ1) is 100. The molecule has 105 heavy (non-hydrogen) atoms. The quantitative estimate of drug-likeness (QED) is 0.0227. The maximum Gasteiger partial charge on any atom is 4.00 e. The van der Waals surface area contributed by atoms with Crippen molar-refractivity contribution in [1.29, 1.82) is 0 Å². The fourth-order valence-electron chi connectivity index (χ4n) is 9.52. The number of ether oxygens (including phenoxy) is 12. The minimum absolute atomic E-state index is 0. The maximum absolute atomic E-state index is 11.3. The molecule has 0 unspecified atom stereocenters. The minimum atomic E-state index is -1.02. The molecule has 0 aliphatic carbocycles. The largest absolute Gasteiger partial charge is 4.00 e. The van der Waals surface area contributed by atoms with Crippen molar-refractivity contribution in [2.24, 2.45) is 0 Å². The third-order valence-corrected chi connectivity index (χ3v) is 16.7. The van der Waals surface area contributed by atoms with E-state index in [2.05, 4.69) is 103 Å². The summed E-state index contributed by atoms with van der Waals surface area (Å²) in [7, 11) is 0. The van der Waals surface area contributed by atoms with E-state index in [0.29, 0.717) is 171 Å². The van der Waals surface area contributed by atoms with Gasteiger partial charge in [0.05, 0.1) is 102 Å². The van der Waals surface area contributed by atoms with Gasteiger partial charge in [0, 0.05) is 46.5 Å². The Hall–Kier alpha value is -4.96. The zero-order valence-electron chi connectivity index (χ0n) is 68.7. The molecular weight excluding hydrogens is 1420 g/mol. The molecule has 0 N–H and O–H groups in total. The first-order valence-corrected chi connectivity index (χ1v) is 39.5.